The molecule has 0 amide bonds. The maximum Gasteiger partial charge on any atom is 0.166 e. The molecule has 2 unspecified atom stereocenters. The van der Waals surface area contributed by atoms with Crippen molar-refractivity contribution in [3.05, 3.63) is 71.1 Å². The van der Waals surface area contributed by atoms with E-state index in [1.165, 1.54) is 6.07 Å². The minimum Gasteiger partial charge on any atom is -0.373 e. The van der Waals surface area contributed by atoms with Crippen LogP contribution >= 0.6 is 0 Å². The minimum absolute atomic E-state index is 0.0879. The SMILES string of the molecule is C/C=C/C1CCC(c2ccc(-c3ccc(CCCCC)c(F)c3F)cc2F)OC1. The lowest BCUT2D eigenvalue weighted by Crippen LogP contribution is -2.20. The van der Waals surface area contributed by atoms with Gasteiger partial charge in [-0.15, -0.1) is 0 Å². The predicted molar refractivity (Wildman–Crippen MR) is 111 cm³/mol. The number of hydrogen-bond donors (Lipinski definition) is 0. The number of benzene rings is 2. The summed E-state index contributed by atoms with van der Waals surface area (Å²) >= 11 is 0. The molecule has 1 saturated heterocycles. The van der Waals surface area contributed by atoms with E-state index in [1.54, 1.807) is 24.3 Å². The zero-order valence-corrected chi connectivity index (χ0v) is 17.2. The third-order valence-electron chi connectivity index (χ3n) is 5.65. The van der Waals surface area contributed by atoms with E-state index in [9.17, 15) is 13.2 Å². The van der Waals surface area contributed by atoms with Crippen molar-refractivity contribution in [3.8, 4) is 11.1 Å². The van der Waals surface area contributed by atoms with Gasteiger partial charge in [-0.3, -0.25) is 0 Å². The highest BCUT2D eigenvalue weighted by Gasteiger charge is 2.24. The topological polar surface area (TPSA) is 9.23 Å². The average Bonchev–Trinajstić information content (AvgIpc) is 2.72. The van der Waals surface area contributed by atoms with Crippen molar-refractivity contribution in [3.63, 3.8) is 0 Å². The number of rotatable bonds is 7. The number of aryl methyl sites for hydroxylation is 1. The van der Waals surface area contributed by atoms with Crippen molar-refractivity contribution in [2.45, 2.75) is 58.5 Å². The van der Waals surface area contributed by atoms with E-state index in [1.807, 2.05) is 13.0 Å². The smallest absolute Gasteiger partial charge is 0.166 e. The Balaban J connectivity index is 1.77. The molecule has 156 valence electrons. The third-order valence-corrected chi connectivity index (χ3v) is 5.65. The van der Waals surface area contributed by atoms with Crippen molar-refractivity contribution in [1.29, 1.82) is 0 Å². The standard InChI is InChI=1S/C25H29F3O/c1-3-5-6-8-18-10-12-20(25(28)24(18)27)19-11-13-21(22(26)15-19)23-14-9-17(7-4-2)16-29-23/h4,7,10-13,15,17,23H,3,5-6,8-9,14,16H2,1-2H3/b7-4+. The van der Waals surface area contributed by atoms with Crippen LogP contribution in [0.15, 0.2) is 42.5 Å². The van der Waals surface area contributed by atoms with Crippen LogP contribution in [0.5, 0.6) is 0 Å². The summed E-state index contributed by atoms with van der Waals surface area (Å²) in [7, 11) is 0. The van der Waals surface area contributed by atoms with E-state index in [-0.39, 0.29) is 11.7 Å². The molecule has 0 N–H and O–H groups in total. The summed E-state index contributed by atoms with van der Waals surface area (Å²) in [6.07, 6.45) is 8.83. The second kappa shape index (κ2) is 10.1. The summed E-state index contributed by atoms with van der Waals surface area (Å²) in [5.74, 6) is -1.81. The lowest BCUT2D eigenvalue weighted by Gasteiger charge is -2.28. The van der Waals surface area contributed by atoms with Crippen molar-refractivity contribution in [1.82, 2.24) is 0 Å². The van der Waals surface area contributed by atoms with Crippen LogP contribution < -0.4 is 0 Å². The van der Waals surface area contributed by atoms with Gasteiger partial charge >= 0.3 is 0 Å². The molecule has 2 aromatic rings. The molecule has 1 heterocycles. The largest absolute Gasteiger partial charge is 0.373 e. The predicted octanol–water partition coefficient (Wildman–Crippen LogP) is 7.55. The van der Waals surface area contributed by atoms with Crippen LogP contribution in [0.4, 0.5) is 13.2 Å². The van der Waals surface area contributed by atoms with Crippen molar-refractivity contribution in [2.24, 2.45) is 5.92 Å². The summed E-state index contributed by atoms with van der Waals surface area (Å²) in [6, 6.07) is 7.73. The van der Waals surface area contributed by atoms with Gasteiger partial charge in [-0.05, 0) is 49.8 Å². The summed E-state index contributed by atoms with van der Waals surface area (Å²) in [6.45, 7) is 4.61. The van der Waals surface area contributed by atoms with E-state index in [0.717, 1.165) is 32.1 Å². The average molecular weight is 403 g/mol. The molecule has 29 heavy (non-hydrogen) atoms. The molecule has 3 rings (SSSR count). The van der Waals surface area contributed by atoms with Gasteiger partial charge in [-0.2, -0.15) is 0 Å². The second-order valence-electron chi connectivity index (χ2n) is 7.78. The fourth-order valence-corrected chi connectivity index (χ4v) is 3.97. The molecule has 0 bridgehead atoms. The quantitative estimate of drug-likeness (QED) is 0.343. The van der Waals surface area contributed by atoms with E-state index < -0.39 is 17.5 Å². The Hall–Kier alpha value is -2.07. The molecule has 1 fully saturated rings. The Morgan fingerprint density at radius 2 is 1.86 bits per heavy atom. The number of unbranched alkanes of at least 4 members (excludes halogenated alkanes) is 2. The van der Waals surface area contributed by atoms with Crippen LogP contribution in [0.25, 0.3) is 11.1 Å². The Bertz CT molecular complexity index is 851. The first-order chi connectivity index (χ1) is 14.0. The fourth-order valence-electron chi connectivity index (χ4n) is 3.97. The molecule has 0 aromatic heterocycles. The van der Waals surface area contributed by atoms with Crippen LogP contribution in [-0.2, 0) is 11.2 Å². The molecule has 0 spiro atoms. The normalized spacial score (nSPS) is 19.8. The van der Waals surface area contributed by atoms with Gasteiger partial charge in [0.1, 0.15) is 5.82 Å². The number of hydrogen-bond acceptors (Lipinski definition) is 1. The van der Waals surface area contributed by atoms with Gasteiger partial charge in [0, 0.05) is 17.0 Å². The lowest BCUT2D eigenvalue weighted by atomic mass is 9.92. The van der Waals surface area contributed by atoms with Crippen LogP contribution in [0.3, 0.4) is 0 Å². The summed E-state index contributed by atoms with van der Waals surface area (Å²) in [4.78, 5) is 0. The van der Waals surface area contributed by atoms with Gasteiger partial charge in [0.05, 0.1) is 12.7 Å². The second-order valence-corrected chi connectivity index (χ2v) is 7.78. The first-order valence-corrected chi connectivity index (χ1v) is 10.6. The maximum absolute atomic E-state index is 14.8. The van der Waals surface area contributed by atoms with Crippen LogP contribution in [-0.4, -0.2) is 6.61 Å². The highest BCUT2D eigenvalue weighted by atomic mass is 19.2. The first-order valence-electron chi connectivity index (χ1n) is 10.6. The Kier molecular flexibility index (Phi) is 7.54. The molecule has 1 nitrogen and oxygen atoms in total. The molecule has 1 aliphatic rings. The zero-order chi connectivity index (χ0) is 20.8. The van der Waals surface area contributed by atoms with E-state index in [0.29, 0.717) is 35.6 Å². The summed E-state index contributed by atoms with van der Waals surface area (Å²) in [5.41, 5.74) is 1.28. The highest BCUT2D eigenvalue weighted by molar-refractivity contribution is 5.65. The Morgan fingerprint density at radius 3 is 2.52 bits per heavy atom. The number of allylic oxidation sites excluding steroid dienone is 1. The fraction of sp³-hybridized carbons (Fsp3) is 0.440. The van der Waals surface area contributed by atoms with Crippen LogP contribution in [0, 0.1) is 23.4 Å². The molecule has 0 radical (unpaired) electrons. The molecular formula is C25H29F3O. The van der Waals surface area contributed by atoms with Gasteiger partial charge < -0.3 is 4.74 Å². The van der Waals surface area contributed by atoms with Crippen LogP contribution in [0.2, 0.25) is 0 Å². The summed E-state index contributed by atoms with van der Waals surface area (Å²) in [5, 5.41) is 0. The van der Waals surface area contributed by atoms with Gasteiger partial charge in [-0.25, -0.2) is 13.2 Å². The van der Waals surface area contributed by atoms with Crippen LogP contribution in [0.1, 0.15) is 63.2 Å². The molecule has 2 aromatic carbocycles. The van der Waals surface area contributed by atoms with Crippen molar-refractivity contribution < 1.29 is 17.9 Å². The zero-order valence-electron chi connectivity index (χ0n) is 17.2. The first kappa shape index (κ1) is 21.6. The molecule has 2 atom stereocenters. The van der Waals surface area contributed by atoms with Gasteiger partial charge in [0.15, 0.2) is 11.6 Å². The molecule has 0 aliphatic carbocycles. The van der Waals surface area contributed by atoms with Gasteiger partial charge in [0.2, 0.25) is 0 Å². The van der Waals surface area contributed by atoms with Gasteiger partial charge in [-0.1, -0.05) is 56.2 Å². The molecule has 0 saturated carbocycles. The number of halogens is 3. The van der Waals surface area contributed by atoms with Crippen molar-refractivity contribution in [2.75, 3.05) is 6.61 Å². The maximum atomic E-state index is 14.8. The van der Waals surface area contributed by atoms with E-state index in [4.69, 9.17) is 4.74 Å². The minimum atomic E-state index is -0.908. The summed E-state index contributed by atoms with van der Waals surface area (Å²) < 4.78 is 49.7. The van der Waals surface area contributed by atoms with Gasteiger partial charge in [0.25, 0.3) is 0 Å². The molecular weight excluding hydrogens is 373 g/mol. The lowest BCUT2D eigenvalue weighted by molar-refractivity contribution is -0.00711. The van der Waals surface area contributed by atoms with E-state index in [2.05, 4.69) is 13.0 Å². The monoisotopic (exact) mass is 402 g/mol. The van der Waals surface area contributed by atoms with Crippen molar-refractivity contribution >= 4 is 0 Å². The Labute approximate surface area is 171 Å². The van der Waals surface area contributed by atoms with E-state index >= 15 is 0 Å². The third kappa shape index (κ3) is 5.11. The number of ether oxygens (including phenoxy) is 1. The molecule has 1 aliphatic heterocycles. The Morgan fingerprint density at radius 1 is 1.03 bits per heavy atom. The molecule has 4 heteroatoms. The highest BCUT2D eigenvalue weighted by Crippen LogP contribution is 2.35.